The van der Waals surface area contributed by atoms with Gasteiger partial charge in [0.1, 0.15) is 0 Å². The first kappa shape index (κ1) is 23.6. The van der Waals surface area contributed by atoms with E-state index in [0.717, 1.165) is 55.8 Å². The fourth-order valence-electron chi connectivity index (χ4n) is 5.79. The number of aromatic amines is 1. The number of fused-ring (bicyclic) bond motifs is 3. The van der Waals surface area contributed by atoms with Gasteiger partial charge in [-0.1, -0.05) is 109 Å². The number of aromatic nitrogens is 1. The van der Waals surface area contributed by atoms with E-state index < -0.39 is 0 Å². The summed E-state index contributed by atoms with van der Waals surface area (Å²) in [5.41, 5.74) is 24.5. The second kappa shape index (κ2) is 9.68. The second-order valence-corrected chi connectivity index (χ2v) is 10.0. The molecule has 0 aliphatic rings. The van der Waals surface area contributed by atoms with Crippen LogP contribution in [0, 0.1) is 0 Å². The Bertz CT molecular complexity index is 1950. The van der Waals surface area contributed by atoms with E-state index in [1.165, 1.54) is 10.8 Å². The Kier molecular flexibility index (Phi) is 5.72. The van der Waals surface area contributed by atoms with Gasteiger partial charge in [-0.05, 0) is 41.0 Å². The van der Waals surface area contributed by atoms with Gasteiger partial charge in [-0.25, -0.2) is 0 Å². The molecular formula is C36H28N4. The minimum atomic E-state index is 0.612. The highest BCUT2D eigenvalue weighted by Gasteiger charge is 2.25. The van der Waals surface area contributed by atoms with E-state index in [1.807, 2.05) is 12.1 Å². The molecule has 0 aliphatic carbocycles. The number of nitrogens with one attached hydrogen (secondary N) is 2. The zero-order chi connectivity index (χ0) is 27.1. The lowest BCUT2D eigenvalue weighted by Gasteiger charge is -2.23. The van der Waals surface area contributed by atoms with E-state index in [1.54, 1.807) is 6.07 Å². The zero-order valence-electron chi connectivity index (χ0n) is 21.9. The molecule has 1 aromatic heterocycles. The van der Waals surface area contributed by atoms with Crippen LogP contribution >= 0.6 is 0 Å². The van der Waals surface area contributed by atoms with Gasteiger partial charge in [0.2, 0.25) is 0 Å². The van der Waals surface area contributed by atoms with Crippen LogP contribution in [0.5, 0.6) is 0 Å². The van der Waals surface area contributed by atoms with Gasteiger partial charge in [-0.2, -0.15) is 0 Å². The minimum Gasteiger partial charge on any atom is -0.399 e. The van der Waals surface area contributed by atoms with Gasteiger partial charge in [-0.3, -0.25) is 0 Å². The molecule has 0 fully saturated rings. The Balaban J connectivity index is 1.72. The van der Waals surface area contributed by atoms with Crippen LogP contribution in [0.25, 0.3) is 55.2 Å². The number of nitrogens with two attached hydrogens (primary N) is 2. The van der Waals surface area contributed by atoms with Gasteiger partial charge in [0.05, 0.1) is 11.2 Å². The fraction of sp³-hybridized carbons (Fsp3) is 0. The van der Waals surface area contributed by atoms with Crippen molar-refractivity contribution in [1.29, 1.82) is 0 Å². The van der Waals surface area contributed by atoms with Crippen molar-refractivity contribution in [3.63, 3.8) is 0 Å². The van der Waals surface area contributed by atoms with E-state index in [-0.39, 0.29) is 0 Å². The van der Waals surface area contributed by atoms with Crippen molar-refractivity contribution in [3.05, 3.63) is 133 Å². The number of anilines is 4. The molecule has 0 bridgehead atoms. The van der Waals surface area contributed by atoms with Crippen molar-refractivity contribution in [2.45, 2.75) is 0 Å². The monoisotopic (exact) mass is 516 g/mol. The maximum Gasteiger partial charge on any atom is 0.0558 e. The standard InChI is InChI=1S/C36H28N4/c37-26-20-27(38)22-28(21-26)39-35-31(23-12-4-1-5-13-23)32(24-14-6-2-7-15-24)36-34(29-18-10-11-19-30(29)40-36)33(35)25-16-8-3-9-17-25/h1-22,39-40H,37-38H2. The van der Waals surface area contributed by atoms with E-state index in [9.17, 15) is 0 Å². The highest BCUT2D eigenvalue weighted by molar-refractivity contribution is 6.25. The average Bonchev–Trinajstić information content (AvgIpc) is 3.36. The number of rotatable bonds is 5. The summed E-state index contributed by atoms with van der Waals surface area (Å²) < 4.78 is 0. The Morgan fingerprint density at radius 2 is 1.00 bits per heavy atom. The van der Waals surface area contributed by atoms with E-state index in [2.05, 4.69) is 126 Å². The third-order valence-corrected chi connectivity index (χ3v) is 7.39. The quantitative estimate of drug-likeness (QED) is 0.172. The minimum absolute atomic E-state index is 0.612. The van der Waals surface area contributed by atoms with E-state index in [4.69, 9.17) is 11.5 Å². The van der Waals surface area contributed by atoms with Crippen LogP contribution < -0.4 is 16.8 Å². The lowest BCUT2D eigenvalue weighted by molar-refractivity contribution is 1.50. The van der Waals surface area contributed by atoms with E-state index in [0.29, 0.717) is 11.4 Å². The second-order valence-electron chi connectivity index (χ2n) is 10.0. The van der Waals surface area contributed by atoms with Crippen LogP contribution in [0.1, 0.15) is 0 Å². The van der Waals surface area contributed by atoms with Gasteiger partial charge in [-0.15, -0.1) is 0 Å². The van der Waals surface area contributed by atoms with Crippen LogP contribution in [-0.2, 0) is 0 Å². The summed E-state index contributed by atoms with van der Waals surface area (Å²) in [5, 5.41) is 6.14. The van der Waals surface area contributed by atoms with Crippen LogP contribution in [0.2, 0.25) is 0 Å². The molecule has 40 heavy (non-hydrogen) atoms. The number of benzene rings is 6. The van der Waals surface area contributed by atoms with E-state index >= 15 is 0 Å². The van der Waals surface area contributed by atoms with Gasteiger partial charge >= 0.3 is 0 Å². The summed E-state index contributed by atoms with van der Waals surface area (Å²) in [7, 11) is 0. The summed E-state index contributed by atoms with van der Waals surface area (Å²) in [6, 6.07) is 45.9. The van der Waals surface area contributed by atoms with Crippen LogP contribution in [0.4, 0.5) is 22.7 Å². The molecule has 192 valence electrons. The molecular weight excluding hydrogens is 488 g/mol. The zero-order valence-corrected chi connectivity index (χ0v) is 21.9. The molecule has 6 N–H and O–H groups in total. The molecule has 0 aliphatic heterocycles. The Labute approximate surface area is 232 Å². The lowest BCUT2D eigenvalue weighted by atomic mass is 9.85. The third-order valence-electron chi connectivity index (χ3n) is 7.39. The van der Waals surface area contributed by atoms with Gasteiger partial charge in [0.25, 0.3) is 0 Å². The molecule has 0 radical (unpaired) electrons. The maximum atomic E-state index is 6.26. The normalized spacial score (nSPS) is 11.2. The maximum absolute atomic E-state index is 6.26. The number of hydrogen-bond donors (Lipinski definition) is 4. The van der Waals surface area contributed by atoms with Crippen LogP contribution in [-0.4, -0.2) is 4.98 Å². The fourth-order valence-corrected chi connectivity index (χ4v) is 5.79. The summed E-state index contributed by atoms with van der Waals surface area (Å²) in [6.07, 6.45) is 0. The molecule has 7 aromatic rings. The van der Waals surface area contributed by atoms with Gasteiger partial charge < -0.3 is 21.8 Å². The Morgan fingerprint density at radius 1 is 0.500 bits per heavy atom. The van der Waals surface area contributed by atoms with Crippen molar-refractivity contribution in [2.24, 2.45) is 0 Å². The molecule has 0 saturated carbocycles. The summed E-state index contributed by atoms with van der Waals surface area (Å²) in [6.45, 7) is 0. The Hall–Kier alpha value is -5.48. The summed E-state index contributed by atoms with van der Waals surface area (Å²) in [5.74, 6) is 0. The summed E-state index contributed by atoms with van der Waals surface area (Å²) in [4.78, 5) is 3.81. The van der Waals surface area contributed by atoms with Crippen molar-refractivity contribution in [2.75, 3.05) is 16.8 Å². The largest absolute Gasteiger partial charge is 0.399 e. The molecule has 0 unspecified atom stereocenters. The van der Waals surface area contributed by atoms with Crippen molar-refractivity contribution in [3.8, 4) is 33.4 Å². The summed E-state index contributed by atoms with van der Waals surface area (Å²) >= 11 is 0. The first-order chi connectivity index (χ1) is 19.7. The molecule has 0 saturated heterocycles. The topological polar surface area (TPSA) is 79.9 Å². The number of H-pyrrole nitrogens is 1. The highest BCUT2D eigenvalue weighted by Crippen LogP contribution is 2.52. The smallest absolute Gasteiger partial charge is 0.0558 e. The SMILES string of the molecule is Nc1cc(N)cc(Nc2c(-c3ccccc3)c(-c3ccccc3)c3[nH]c4ccccc4c3c2-c2ccccc2)c1. The van der Waals surface area contributed by atoms with Crippen LogP contribution in [0.3, 0.4) is 0 Å². The number of nitrogen functional groups attached to an aromatic ring is 2. The number of hydrogen-bond acceptors (Lipinski definition) is 3. The van der Waals surface area contributed by atoms with Crippen molar-refractivity contribution >= 4 is 44.6 Å². The number of para-hydroxylation sites is 1. The molecule has 0 spiro atoms. The van der Waals surface area contributed by atoms with Gasteiger partial charge in [0, 0.05) is 50.0 Å². The molecule has 6 aromatic carbocycles. The van der Waals surface area contributed by atoms with Gasteiger partial charge in [0.15, 0.2) is 0 Å². The van der Waals surface area contributed by atoms with Crippen molar-refractivity contribution < 1.29 is 0 Å². The first-order valence-corrected chi connectivity index (χ1v) is 13.4. The third kappa shape index (κ3) is 4.03. The first-order valence-electron chi connectivity index (χ1n) is 13.4. The molecule has 0 amide bonds. The Morgan fingerprint density at radius 3 is 1.60 bits per heavy atom. The average molecular weight is 517 g/mol. The molecule has 7 rings (SSSR count). The molecule has 0 atom stereocenters. The van der Waals surface area contributed by atoms with Crippen LogP contribution in [0.15, 0.2) is 133 Å². The van der Waals surface area contributed by atoms with Crippen molar-refractivity contribution in [1.82, 2.24) is 4.98 Å². The highest BCUT2D eigenvalue weighted by atomic mass is 14.9. The molecule has 4 nitrogen and oxygen atoms in total. The molecule has 4 heteroatoms. The predicted octanol–water partition coefficient (Wildman–Crippen LogP) is 9.23. The molecule has 1 heterocycles. The predicted molar refractivity (Wildman–Crippen MR) is 171 cm³/mol. The lowest BCUT2D eigenvalue weighted by Crippen LogP contribution is -2.02.